The Labute approximate surface area is 157 Å². The van der Waals surface area contributed by atoms with Crippen LogP contribution in [0.3, 0.4) is 0 Å². The fourth-order valence-electron chi connectivity index (χ4n) is 2.30. The number of halogens is 1. The molecule has 0 N–H and O–H groups in total. The zero-order valence-corrected chi connectivity index (χ0v) is 15.9. The van der Waals surface area contributed by atoms with E-state index in [1.54, 1.807) is 6.07 Å². The van der Waals surface area contributed by atoms with Gasteiger partial charge in [0.25, 0.3) is 5.88 Å². The summed E-state index contributed by atoms with van der Waals surface area (Å²) in [6, 6.07) is 5.68. The van der Waals surface area contributed by atoms with Crippen molar-refractivity contribution in [3.63, 3.8) is 0 Å². The van der Waals surface area contributed by atoms with Crippen LogP contribution in [-0.2, 0) is 13.0 Å². The normalized spacial score (nSPS) is 10.6. The van der Waals surface area contributed by atoms with Gasteiger partial charge in [0.1, 0.15) is 0 Å². The summed E-state index contributed by atoms with van der Waals surface area (Å²) >= 11 is 3.45. The molecule has 0 saturated heterocycles. The molecule has 2 heterocycles. The maximum Gasteiger partial charge on any atom is 0.258 e. The maximum atomic E-state index is 8.86. The van der Waals surface area contributed by atoms with E-state index in [1.165, 1.54) is 11.8 Å². The van der Waals surface area contributed by atoms with Crippen molar-refractivity contribution >= 4 is 15.9 Å². The fourth-order valence-corrected chi connectivity index (χ4v) is 2.90. The second-order valence-electron chi connectivity index (χ2n) is 5.44. The minimum absolute atomic E-state index is 0.0821. The summed E-state index contributed by atoms with van der Waals surface area (Å²) in [6.07, 6.45) is 0.275. The van der Waals surface area contributed by atoms with E-state index >= 15 is 0 Å². The lowest BCUT2D eigenvalue weighted by molar-refractivity contribution is 0.268. The molecule has 0 fully saturated rings. The molecule has 2 aromatic heterocycles. The minimum Gasteiger partial charge on any atom is -0.493 e. The number of benzene rings is 1. The Morgan fingerprint density at radius 2 is 2.15 bits per heavy atom. The van der Waals surface area contributed by atoms with Crippen molar-refractivity contribution in [1.82, 2.24) is 25.4 Å². The van der Waals surface area contributed by atoms with Crippen molar-refractivity contribution in [3.05, 3.63) is 39.3 Å². The summed E-state index contributed by atoms with van der Waals surface area (Å²) in [7, 11) is 1.54. The average molecular weight is 419 g/mol. The Bertz CT molecular complexity index is 975. The lowest BCUT2D eigenvalue weighted by Crippen LogP contribution is -2.08. The molecule has 0 aliphatic rings. The van der Waals surface area contributed by atoms with Gasteiger partial charge in [-0.05, 0) is 57.9 Å². The van der Waals surface area contributed by atoms with Crippen LogP contribution in [0.5, 0.6) is 11.5 Å². The third kappa shape index (κ3) is 3.39. The molecule has 0 spiro atoms. The van der Waals surface area contributed by atoms with Gasteiger partial charge in [-0.3, -0.25) is 0 Å². The topological polar surface area (TPSA) is 112 Å². The zero-order valence-electron chi connectivity index (χ0n) is 14.4. The quantitative estimate of drug-likeness (QED) is 0.600. The predicted molar refractivity (Wildman–Crippen MR) is 93.0 cm³/mol. The van der Waals surface area contributed by atoms with Gasteiger partial charge in [-0.2, -0.15) is 9.94 Å². The second-order valence-corrected chi connectivity index (χ2v) is 6.29. The molecule has 0 amide bonds. The van der Waals surface area contributed by atoms with Crippen molar-refractivity contribution in [2.75, 3.05) is 7.11 Å². The van der Waals surface area contributed by atoms with E-state index in [4.69, 9.17) is 19.3 Å². The van der Waals surface area contributed by atoms with Crippen LogP contribution in [0.15, 0.2) is 21.1 Å². The van der Waals surface area contributed by atoms with Gasteiger partial charge in [-0.15, -0.1) is 5.10 Å². The van der Waals surface area contributed by atoms with Crippen LogP contribution in [0.2, 0.25) is 0 Å². The van der Waals surface area contributed by atoms with Crippen molar-refractivity contribution < 1.29 is 14.0 Å². The van der Waals surface area contributed by atoms with E-state index < -0.39 is 0 Å². The molecule has 0 unspecified atom stereocenters. The van der Waals surface area contributed by atoms with Crippen LogP contribution in [0.25, 0.3) is 5.88 Å². The fraction of sp³-hybridized carbons (Fsp3) is 0.312. The third-order valence-corrected chi connectivity index (χ3v) is 4.37. The van der Waals surface area contributed by atoms with Crippen LogP contribution in [-0.4, -0.2) is 32.5 Å². The average Bonchev–Trinajstić information content (AvgIpc) is 3.21. The Balaban J connectivity index is 1.86. The maximum absolute atomic E-state index is 8.86. The van der Waals surface area contributed by atoms with Crippen LogP contribution >= 0.6 is 15.9 Å². The highest BCUT2D eigenvalue weighted by molar-refractivity contribution is 9.10. The number of nitrogens with zero attached hydrogens (tertiary/aromatic N) is 6. The molecular formula is C16H15BrN6O3. The number of rotatable bonds is 6. The first-order valence-corrected chi connectivity index (χ1v) is 8.41. The summed E-state index contributed by atoms with van der Waals surface area (Å²) < 4.78 is 18.6. The van der Waals surface area contributed by atoms with Crippen LogP contribution in [0.1, 0.15) is 22.6 Å². The standard InChI is InChI=1S/C16H15BrN6O3/c1-9-10(2)20-26-16(9)23-14(19-21-22-23)8-25-15-12(17)6-11(4-5-18)7-13(15)24-3/h6-7H,4,8H2,1-3H3. The highest BCUT2D eigenvalue weighted by Gasteiger charge is 2.19. The molecule has 0 aliphatic carbocycles. The summed E-state index contributed by atoms with van der Waals surface area (Å²) in [6.45, 7) is 3.80. The Morgan fingerprint density at radius 3 is 2.81 bits per heavy atom. The number of nitriles is 1. The van der Waals surface area contributed by atoms with E-state index in [1.807, 2.05) is 19.9 Å². The van der Waals surface area contributed by atoms with E-state index in [9.17, 15) is 0 Å². The summed E-state index contributed by atoms with van der Waals surface area (Å²) in [5.41, 5.74) is 2.43. The van der Waals surface area contributed by atoms with Gasteiger partial charge < -0.3 is 14.0 Å². The molecular weight excluding hydrogens is 404 g/mol. The number of hydrogen-bond acceptors (Lipinski definition) is 8. The molecule has 1 aromatic carbocycles. The van der Waals surface area contributed by atoms with Crippen LogP contribution in [0.4, 0.5) is 0 Å². The zero-order chi connectivity index (χ0) is 18.7. The molecule has 0 aliphatic heterocycles. The minimum atomic E-state index is 0.0821. The van der Waals surface area contributed by atoms with Gasteiger partial charge >= 0.3 is 0 Å². The van der Waals surface area contributed by atoms with Crippen LogP contribution < -0.4 is 9.47 Å². The first-order valence-electron chi connectivity index (χ1n) is 7.61. The van der Waals surface area contributed by atoms with Gasteiger partial charge in [0.2, 0.25) is 0 Å². The Kier molecular flexibility index (Phi) is 5.18. The number of ether oxygens (including phenoxy) is 2. The highest BCUT2D eigenvalue weighted by atomic mass is 79.9. The number of aryl methyl sites for hydroxylation is 1. The van der Waals surface area contributed by atoms with Gasteiger partial charge in [0.15, 0.2) is 23.9 Å². The van der Waals surface area contributed by atoms with Gasteiger partial charge in [-0.1, -0.05) is 5.16 Å². The largest absolute Gasteiger partial charge is 0.493 e. The van der Waals surface area contributed by atoms with Crippen LogP contribution in [0, 0.1) is 25.2 Å². The molecule has 3 aromatic rings. The molecule has 9 nitrogen and oxygen atoms in total. The molecule has 0 saturated carbocycles. The molecule has 0 bridgehead atoms. The summed E-state index contributed by atoms with van der Waals surface area (Å²) in [4.78, 5) is 0. The van der Waals surface area contributed by atoms with Crippen molar-refractivity contribution in [2.24, 2.45) is 0 Å². The van der Waals surface area contributed by atoms with Crippen molar-refractivity contribution in [1.29, 1.82) is 5.26 Å². The lowest BCUT2D eigenvalue weighted by atomic mass is 10.1. The first-order chi connectivity index (χ1) is 12.5. The van der Waals surface area contributed by atoms with E-state index in [-0.39, 0.29) is 13.0 Å². The monoisotopic (exact) mass is 418 g/mol. The molecule has 3 rings (SSSR count). The molecule has 10 heteroatoms. The Morgan fingerprint density at radius 1 is 1.35 bits per heavy atom. The third-order valence-electron chi connectivity index (χ3n) is 3.78. The van der Waals surface area contributed by atoms with Gasteiger partial charge in [-0.25, -0.2) is 0 Å². The Hall–Kier alpha value is -2.93. The van der Waals surface area contributed by atoms with E-state index in [2.05, 4.69) is 42.7 Å². The summed E-state index contributed by atoms with van der Waals surface area (Å²) in [5.74, 6) is 1.89. The van der Waals surface area contributed by atoms with Gasteiger partial charge in [0, 0.05) is 5.56 Å². The number of aromatic nitrogens is 5. The number of methoxy groups -OCH3 is 1. The molecule has 26 heavy (non-hydrogen) atoms. The predicted octanol–water partition coefficient (Wildman–Crippen LogP) is 2.68. The lowest BCUT2D eigenvalue weighted by Gasteiger charge is -2.13. The SMILES string of the molecule is COc1cc(CC#N)cc(Br)c1OCc1nnnn1-c1onc(C)c1C. The summed E-state index contributed by atoms with van der Waals surface area (Å²) in [5, 5.41) is 24.4. The highest BCUT2D eigenvalue weighted by Crippen LogP contribution is 2.37. The molecule has 0 atom stereocenters. The first kappa shape index (κ1) is 17.9. The second kappa shape index (κ2) is 7.53. The van der Waals surface area contributed by atoms with Crippen molar-refractivity contribution in [3.8, 4) is 23.5 Å². The smallest absolute Gasteiger partial charge is 0.258 e. The van der Waals surface area contributed by atoms with E-state index in [0.29, 0.717) is 27.7 Å². The van der Waals surface area contributed by atoms with Gasteiger partial charge in [0.05, 0.1) is 29.8 Å². The molecule has 134 valence electrons. The number of tetrazole rings is 1. The number of hydrogen-bond donors (Lipinski definition) is 0. The van der Waals surface area contributed by atoms with Crippen molar-refractivity contribution in [2.45, 2.75) is 26.9 Å². The molecule has 0 radical (unpaired) electrons. The van der Waals surface area contributed by atoms with E-state index in [0.717, 1.165) is 16.8 Å².